The minimum atomic E-state index is -0.679. The molecule has 0 bridgehead atoms. The first-order valence-electron chi connectivity index (χ1n) is 11.1. The fraction of sp³-hybridized carbons (Fsp3) is 0.192. The lowest BCUT2D eigenvalue weighted by Gasteiger charge is -2.16. The number of hydrogen-bond acceptors (Lipinski definition) is 5. The number of hydrogen-bond donors (Lipinski definition) is 1. The van der Waals surface area contributed by atoms with Crippen molar-refractivity contribution in [1.29, 1.82) is 0 Å². The maximum atomic E-state index is 13.5. The molecule has 0 fully saturated rings. The Hall–Kier alpha value is -4.33. The largest absolute Gasteiger partial charge is 0.454 e. The predicted octanol–water partition coefficient (Wildman–Crippen LogP) is 4.19. The Bertz CT molecular complexity index is 1440. The molecule has 1 unspecified atom stereocenters. The summed E-state index contributed by atoms with van der Waals surface area (Å²) in [5.74, 6) is 1.38. The van der Waals surface area contributed by atoms with Crippen LogP contribution < -0.4 is 19.7 Å². The summed E-state index contributed by atoms with van der Waals surface area (Å²) >= 11 is 0. The second kappa shape index (κ2) is 7.91. The van der Waals surface area contributed by atoms with E-state index < -0.39 is 6.04 Å². The molecule has 2 aliphatic heterocycles. The van der Waals surface area contributed by atoms with Crippen LogP contribution in [0.5, 0.6) is 11.5 Å². The third-order valence-electron chi connectivity index (χ3n) is 6.14. The summed E-state index contributed by atoms with van der Waals surface area (Å²) in [5, 5.41) is 2.88. The quantitative estimate of drug-likeness (QED) is 0.489. The Morgan fingerprint density at radius 1 is 1.06 bits per heavy atom. The van der Waals surface area contributed by atoms with Crippen molar-refractivity contribution in [3.8, 4) is 11.5 Å². The molecular formula is C26H22N4O4. The molecule has 3 aromatic carbocycles. The number of aryl methyl sites for hydroxylation is 1. The third-order valence-corrected chi connectivity index (χ3v) is 6.14. The summed E-state index contributed by atoms with van der Waals surface area (Å²) in [5.41, 5.74) is 4.35. The molecule has 8 heteroatoms. The minimum absolute atomic E-state index is 0.00898. The van der Waals surface area contributed by atoms with Gasteiger partial charge in [-0.15, -0.1) is 0 Å². The van der Waals surface area contributed by atoms with Crippen molar-refractivity contribution in [2.45, 2.75) is 25.9 Å². The van der Waals surface area contributed by atoms with Crippen LogP contribution in [0.15, 0.2) is 66.7 Å². The Kier molecular flexibility index (Phi) is 4.72. The molecule has 170 valence electrons. The van der Waals surface area contributed by atoms with Crippen LogP contribution in [0.4, 0.5) is 11.6 Å². The first-order chi connectivity index (χ1) is 16.6. The number of carbonyl (C=O) groups is 2. The van der Waals surface area contributed by atoms with E-state index >= 15 is 0 Å². The summed E-state index contributed by atoms with van der Waals surface area (Å²) < 4.78 is 12.6. The Morgan fingerprint density at radius 3 is 2.79 bits per heavy atom. The first-order valence-corrected chi connectivity index (χ1v) is 11.1. The van der Waals surface area contributed by atoms with Crippen LogP contribution in [0.25, 0.3) is 11.0 Å². The second-order valence-corrected chi connectivity index (χ2v) is 8.52. The van der Waals surface area contributed by atoms with Gasteiger partial charge in [0.05, 0.1) is 24.0 Å². The van der Waals surface area contributed by atoms with E-state index in [1.54, 1.807) is 23.1 Å². The van der Waals surface area contributed by atoms with E-state index in [2.05, 4.69) is 11.4 Å². The molecule has 34 heavy (non-hydrogen) atoms. The molecule has 8 nitrogen and oxygen atoms in total. The zero-order valence-corrected chi connectivity index (χ0v) is 18.5. The van der Waals surface area contributed by atoms with Crippen molar-refractivity contribution in [3.63, 3.8) is 0 Å². The molecule has 0 spiro atoms. The SMILES string of the molecule is Cc1cccc(CN2C(=O)C(CC(=O)Nc3ccc4c(c3)OCO4)n3c2nc2ccccc23)c1. The van der Waals surface area contributed by atoms with Crippen molar-refractivity contribution in [1.82, 2.24) is 9.55 Å². The average Bonchev–Trinajstić information content (AvgIpc) is 3.50. The highest BCUT2D eigenvalue weighted by atomic mass is 16.7. The number of ether oxygens (including phenoxy) is 2. The third kappa shape index (κ3) is 3.44. The number of nitrogens with one attached hydrogen (secondary N) is 1. The smallest absolute Gasteiger partial charge is 0.253 e. The maximum absolute atomic E-state index is 13.5. The fourth-order valence-corrected chi connectivity index (χ4v) is 4.60. The second-order valence-electron chi connectivity index (χ2n) is 8.52. The van der Waals surface area contributed by atoms with Gasteiger partial charge in [-0.05, 0) is 36.8 Å². The van der Waals surface area contributed by atoms with Gasteiger partial charge in [0.25, 0.3) is 5.91 Å². The molecule has 1 aromatic heterocycles. The molecule has 3 heterocycles. The van der Waals surface area contributed by atoms with E-state index in [1.165, 1.54) is 0 Å². The molecular weight excluding hydrogens is 432 g/mol. The number of nitrogens with zero attached hydrogens (tertiary/aromatic N) is 3. The van der Waals surface area contributed by atoms with Crippen molar-refractivity contribution in [3.05, 3.63) is 77.9 Å². The van der Waals surface area contributed by atoms with Gasteiger partial charge < -0.3 is 14.8 Å². The van der Waals surface area contributed by atoms with Crippen LogP contribution in [-0.4, -0.2) is 28.2 Å². The van der Waals surface area contributed by atoms with Crippen molar-refractivity contribution in [2.75, 3.05) is 17.0 Å². The number of amides is 2. The van der Waals surface area contributed by atoms with Gasteiger partial charge in [0.2, 0.25) is 18.6 Å². The molecule has 2 aliphatic rings. The van der Waals surface area contributed by atoms with Gasteiger partial charge >= 0.3 is 0 Å². The zero-order valence-electron chi connectivity index (χ0n) is 18.5. The van der Waals surface area contributed by atoms with Gasteiger partial charge in [0, 0.05) is 11.8 Å². The van der Waals surface area contributed by atoms with Gasteiger partial charge in [0.1, 0.15) is 6.04 Å². The van der Waals surface area contributed by atoms with E-state index in [1.807, 2.05) is 54.0 Å². The molecule has 1 atom stereocenters. The van der Waals surface area contributed by atoms with Gasteiger partial charge in [-0.2, -0.15) is 0 Å². The highest BCUT2D eigenvalue weighted by Crippen LogP contribution is 2.38. The van der Waals surface area contributed by atoms with E-state index in [4.69, 9.17) is 14.5 Å². The lowest BCUT2D eigenvalue weighted by atomic mass is 10.1. The number of rotatable bonds is 5. The lowest BCUT2D eigenvalue weighted by molar-refractivity contribution is -0.124. The van der Waals surface area contributed by atoms with E-state index in [0.29, 0.717) is 29.7 Å². The summed E-state index contributed by atoms with van der Waals surface area (Å²) in [6.45, 7) is 2.58. The number of carbonyl (C=O) groups excluding carboxylic acids is 2. The van der Waals surface area contributed by atoms with Crippen molar-refractivity contribution < 1.29 is 19.1 Å². The van der Waals surface area contributed by atoms with Gasteiger partial charge in [-0.25, -0.2) is 4.98 Å². The normalized spacial score (nSPS) is 16.2. The lowest BCUT2D eigenvalue weighted by Crippen LogP contribution is -2.31. The average molecular weight is 454 g/mol. The van der Waals surface area contributed by atoms with Crippen molar-refractivity contribution >= 4 is 34.5 Å². The van der Waals surface area contributed by atoms with Crippen LogP contribution in [0.1, 0.15) is 23.6 Å². The van der Waals surface area contributed by atoms with Gasteiger partial charge in [-0.3, -0.25) is 19.1 Å². The monoisotopic (exact) mass is 454 g/mol. The topological polar surface area (TPSA) is 85.7 Å². The van der Waals surface area contributed by atoms with E-state index in [-0.39, 0.29) is 25.0 Å². The highest BCUT2D eigenvalue weighted by Gasteiger charge is 2.40. The predicted molar refractivity (Wildman–Crippen MR) is 127 cm³/mol. The van der Waals surface area contributed by atoms with Crippen molar-refractivity contribution in [2.24, 2.45) is 0 Å². The number of para-hydroxylation sites is 2. The van der Waals surface area contributed by atoms with E-state index in [9.17, 15) is 9.59 Å². The molecule has 0 aliphatic carbocycles. The standard InChI is InChI=1S/C26H22N4O4/c1-16-5-4-6-17(11-16)14-29-25(32)21(30-20-8-3-2-7-19(20)28-26(29)30)13-24(31)27-18-9-10-22-23(12-18)34-15-33-22/h2-12,21H,13-15H2,1H3,(H,27,31). The summed E-state index contributed by atoms with van der Waals surface area (Å²) in [4.78, 5) is 33.0. The Balaban J connectivity index is 1.30. The Morgan fingerprint density at radius 2 is 1.91 bits per heavy atom. The minimum Gasteiger partial charge on any atom is -0.454 e. The Labute approximate surface area is 195 Å². The molecule has 0 saturated carbocycles. The van der Waals surface area contributed by atoms with Crippen LogP contribution in [-0.2, 0) is 16.1 Å². The highest BCUT2D eigenvalue weighted by molar-refractivity contribution is 6.05. The fourth-order valence-electron chi connectivity index (χ4n) is 4.60. The van der Waals surface area contributed by atoms with Crippen LogP contribution in [0, 0.1) is 6.92 Å². The molecule has 0 saturated heterocycles. The molecule has 6 rings (SSSR count). The number of fused-ring (bicyclic) bond motifs is 4. The van der Waals surface area contributed by atoms with Crippen LogP contribution in [0.2, 0.25) is 0 Å². The molecule has 1 N–H and O–H groups in total. The maximum Gasteiger partial charge on any atom is 0.253 e. The van der Waals surface area contributed by atoms with Gasteiger partial charge in [0.15, 0.2) is 11.5 Å². The van der Waals surface area contributed by atoms with E-state index in [0.717, 1.165) is 22.2 Å². The summed E-state index contributed by atoms with van der Waals surface area (Å²) in [6, 6.07) is 20.3. The summed E-state index contributed by atoms with van der Waals surface area (Å²) in [7, 11) is 0. The number of imidazole rings is 1. The number of aromatic nitrogens is 2. The molecule has 0 radical (unpaired) electrons. The first kappa shape index (κ1) is 20.3. The number of benzene rings is 3. The zero-order chi connectivity index (χ0) is 23.2. The molecule has 4 aromatic rings. The van der Waals surface area contributed by atoms with Crippen LogP contribution in [0.3, 0.4) is 0 Å². The number of anilines is 2. The van der Waals surface area contributed by atoms with Crippen LogP contribution >= 0.6 is 0 Å². The van der Waals surface area contributed by atoms with Gasteiger partial charge in [-0.1, -0.05) is 42.0 Å². The summed E-state index contributed by atoms with van der Waals surface area (Å²) in [6.07, 6.45) is -0.00898. The molecule has 2 amide bonds.